The van der Waals surface area contributed by atoms with Crippen LogP contribution in [0.15, 0.2) is 12.2 Å². The number of hydrogen-bond acceptors (Lipinski definition) is 11. The van der Waals surface area contributed by atoms with Crippen LogP contribution in [0.4, 0.5) is 0 Å². The summed E-state index contributed by atoms with van der Waals surface area (Å²) in [6, 6.07) is -0.854. The Hall–Kier alpha value is -1.19. The summed E-state index contributed by atoms with van der Waals surface area (Å²) in [5.74, 6) is -0.848. The van der Waals surface area contributed by atoms with Crippen LogP contribution in [-0.2, 0) is 23.7 Å². The maximum absolute atomic E-state index is 11.5. The molecule has 2 heterocycles. The van der Waals surface area contributed by atoms with Crippen molar-refractivity contribution in [1.82, 2.24) is 5.32 Å². The summed E-state index contributed by atoms with van der Waals surface area (Å²) in [5.41, 5.74) is 0. The van der Waals surface area contributed by atoms with Gasteiger partial charge in [-0.3, -0.25) is 4.79 Å². The number of aliphatic hydroxyl groups excluding tert-OH is 6. The summed E-state index contributed by atoms with van der Waals surface area (Å²) < 4.78 is 22.5. The van der Waals surface area contributed by atoms with E-state index in [-0.39, 0.29) is 25.0 Å². The lowest BCUT2D eigenvalue weighted by atomic mass is 9.83. The van der Waals surface area contributed by atoms with Crippen LogP contribution in [-0.4, -0.2) is 118 Å². The van der Waals surface area contributed by atoms with E-state index < -0.39 is 73.9 Å². The van der Waals surface area contributed by atoms with Crippen LogP contribution in [0.3, 0.4) is 0 Å². The molecule has 2 aliphatic rings. The molecule has 2 rings (SSSR count). The van der Waals surface area contributed by atoms with Crippen molar-refractivity contribution in [3.63, 3.8) is 0 Å². The van der Waals surface area contributed by atoms with Gasteiger partial charge in [0.25, 0.3) is 0 Å². The number of ether oxygens (including phenoxy) is 4. The summed E-state index contributed by atoms with van der Waals surface area (Å²) in [6.45, 7) is 5.41. The van der Waals surface area contributed by atoms with E-state index in [1.807, 2.05) is 6.92 Å². The lowest BCUT2D eigenvalue weighted by Crippen LogP contribution is -2.63. The van der Waals surface area contributed by atoms with Crippen molar-refractivity contribution in [2.24, 2.45) is 11.8 Å². The van der Waals surface area contributed by atoms with Crippen LogP contribution >= 0.6 is 0 Å². The molecule has 0 aromatic carbocycles. The Morgan fingerprint density at radius 3 is 2.18 bits per heavy atom. The topological polar surface area (TPSA) is 187 Å². The van der Waals surface area contributed by atoms with E-state index >= 15 is 0 Å². The van der Waals surface area contributed by atoms with Crippen LogP contribution in [0.25, 0.3) is 0 Å². The molecule has 0 saturated carbocycles. The summed E-state index contributed by atoms with van der Waals surface area (Å²) in [7, 11) is 0. The van der Waals surface area contributed by atoms with E-state index in [9.17, 15) is 35.4 Å². The Morgan fingerprint density at radius 2 is 1.62 bits per heavy atom. The lowest BCUT2D eigenvalue weighted by molar-refractivity contribution is -0.352. The molecule has 0 aliphatic carbocycles. The number of amides is 1. The number of aliphatic hydroxyl groups is 6. The van der Waals surface area contributed by atoms with Crippen LogP contribution < -0.4 is 5.32 Å². The Morgan fingerprint density at radius 1 is 1.00 bits per heavy atom. The average Bonchev–Trinajstić information content (AvgIpc) is 2.80. The Kier molecular flexibility index (Phi) is 11.3. The van der Waals surface area contributed by atoms with Gasteiger partial charge >= 0.3 is 0 Å². The van der Waals surface area contributed by atoms with Crippen LogP contribution in [0.5, 0.6) is 0 Å². The fourth-order valence-electron chi connectivity index (χ4n) is 4.13. The van der Waals surface area contributed by atoms with Gasteiger partial charge in [0.1, 0.15) is 30.5 Å². The molecule has 0 spiro atoms. The predicted octanol–water partition coefficient (Wildman–Crippen LogP) is -2.38. The molecule has 0 bridgehead atoms. The molecule has 2 saturated heterocycles. The van der Waals surface area contributed by atoms with Gasteiger partial charge in [-0.25, -0.2) is 0 Å². The zero-order valence-electron chi connectivity index (χ0n) is 19.9. The second-order valence-corrected chi connectivity index (χ2v) is 8.90. The standard InChI is InChI=1S/C22H39NO11/c1-5-6-14(27)13(23-12(4)26)9-31-21-19(30)18(29)20(16(8-25)33-21)34-22-17(28)11(3)10(2)15(7-24)32-22/h5-6,10-11,13-22,24-25,27-30H,7-9H2,1-4H3,(H,23,26)/b6-5+/t10-,11+,13+,14-,15?,16?,17+,18-,19+,20-,21?,22?/m1/s1. The maximum Gasteiger partial charge on any atom is 0.217 e. The number of rotatable bonds is 10. The third kappa shape index (κ3) is 6.94. The number of carbonyl (C=O) groups is 1. The third-order valence-corrected chi connectivity index (χ3v) is 6.46. The molecule has 0 aromatic heterocycles. The SMILES string of the molecule is C/C=C/[C@@H](O)[C@H](COC1OC(CO)[C@@H](OC2OC(CO)[C@H](C)[C@H](C)[C@@H]2O)[C@H](O)[C@@H]1O)NC(C)=O. The Bertz CT molecular complexity index is 661. The van der Waals surface area contributed by atoms with Gasteiger partial charge in [0, 0.05) is 6.92 Å². The second kappa shape index (κ2) is 13.2. The molecule has 2 aliphatic heterocycles. The summed E-state index contributed by atoms with van der Waals surface area (Å²) in [6.07, 6.45) is -7.97. The zero-order chi connectivity index (χ0) is 25.6. The highest BCUT2D eigenvalue weighted by Crippen LogP contribution is 2.34. The Labute approximate surface area is 199 Å². The van der Waals surface area contributed by atoms with E-state index in [1.165, 1.54) is 13.0 Å². The maximum atomic E-state index is 11.5. The molecule has 34 heavy (non-hydrogen) atoms. The van der Waals surface area contributed by atoms with E-state index in [1.54, 1.807) is 19.9 Å². The minimum Gasteiger partial charge on any atom is -0.394 e. The van der Waals surface area contributed by atoms with E-state index in [0.29, 0.717) is 0 Å². The van der Waals surface area contributed by atoms with Gasteiger partial charge < -0.3 is 54.9 Å². The van der Waals surface area contributed by atoms with Crippen molar-refractivity contribution in [2.45, 2.75) is 89.0 Å². The third-order valence-electron chi connectivity index (χ3n) is 6.46. The van der Waals surface area contributed by atoms with Crippen molar-refractivity contribution in [1.29, 1.82) is 0 Å². The molecule has 12 atom stereocenters. The second-order valence-electron chi connectivity index (χ2n) is 8.90. The fraction of sp³-hybridized carbons (Fsp3) is 0.864. The first kappa shape index (κ1) is 29.0. The van der Waals surface area contributed by atoms with Gasteiger partial charge in [0.15, 0.2) is 12.6 Å². The normalized spacial score (nSPS) is 40.8. The van der Waals surface area contributed by atoms with E-state index in [0.717, 1.165) is 0 Å². The van der Waals surface area contributed by atoms with E-state index in [4.69, 9.17) is 18.9 Å². The molecule has 0 radical (unpaired) electrons. The first-order valence-electron chi connectivity index (χ1n) is 11.5. The average molecular weight is 494 g/mol. The smallest absolute Gasteiger partial charge is 0.217 e. The van der Waals surface area contributed by atoms with Crippen LogP contribution in [0, 0.1) is 11.8 Å². The fourth-order valence-corrected chi connectivity index (χ4v) is 4.13. The van der Waals surface area contributed by atoms with Gasteiger partial charge in [-0.05, 0) is 18.8 Å². The van der Waals surface area contributed by atoms with Crippen molar-refractivity contribution in [3.05, 3.63) is 12.2 Å². The highest BCUT2D eigenvalue weighted by molar-refractivity contribution is 5.73. The van der Waals surface area contributed by atoms with Gasteiger partial charge in [0.2, 0.25) is 5.91 Å². The van der Waals surface area contributed by atoms with Crippen molar-refractivity contribution >= 4 is 5.91 Å². The molecular weight excluding hydrogens is 454 g/mol. The number of nitrogens with one attached hydrogen (secondary N) is 1. The largest absolute Gasteiger partial charge is 0.394 e. The molecule has 0 aromatic rings. The highest BCUT2D eigenvalue weighted by atomic mass is 16.7. The molecule has 198 valence electrons. The molecule has 12 nitrogen and oxygen atoms in total. The molecule has 2 fully saturated rings. The molecule has 1 amide bonds. The lowest BCUT2D eigenvalue weighted by Gasteiger charge is -2.47. The highest BCUT2D eigenvalue weighted by Gasteiger charge is 2.49. The zero-order valence-corrected chi connectivity index (χ0v) is 19.9. The van der Waals surface area contributed by atoms with Gasteiger partial charge in [-0.2, -0.15) is 0 Å². The van der Waals surface area contributed by atoms with Gasteiger partial charge in [-0.1, -0.05) is 26.0 Å². The quantitative estimate of drug-likeness (QED) is 0.161. The minimum absolute atomic E-state index is 0.154. The summed E-state index contributed by atoms with van der Waals surface area (Å²) >= 11 is 0. The first-order chi connectivity index (χ1) is 16.0. The van der Waals surface area contributed by atoms with Crippen LogP contribution in [0.1, 0.15) is 27.7 Å². The van der Waals surface area contributed by atoms with Crippen molar-refractivity contribution < 1.29 is 54.4 Å². The molecule has 7 N–H and O–H groups in total. The number of carbonyl (C=O) groups excluding carboxylic acids is 1. The summed E-state index contributed by atoms with van der Waals surface area (Å²) in [5, 5.41) is 64.0. The molecular formula is C22H39NO11. The summed E-state index contributed by atoms with van der Waals surface area (Å²) in [4.78, 5) is 11.5. The van der Waals surface area contributed by atoms with E-state index in [2.05, 4.69) is 5.32 Å². The van der Waals surface area contributed by atoms with Crippen LogP contribution in [0.2, 0.25) is 0 Å². The molecule has 4 unspecified atom stereocenters. The predicted molar refractivity (Wildman–Crippen MR) is 117 cm³/mol. The first-order valence-corrected chi connectivity index (χ1v) is 11.5. The Balaban J connectivity index is 2.08. The van der Waals surface area contributed by atoms with Crippen molar-refractivity contribution in [3.8, 4) is 0 Å². The number of hydrogen-bond donors (Lipinski definition) is 7. The van der Waals surface area contributed by atoms with Gasteiger partial charge in [0.05, 0.1) is 38.1 Å². The monoisotopic (exact) mass is 493 g/mol. The minimum atomic E-state index is -1.62. The number of allylic oxidation sites excluding steroid dienone is 1. The molecule has 12 heteroatoms. The van der Waals surface area contributed by atoms with Gasteiger partial charge in [-0.15, -0.1) is 0 Å². The van der Waals surface area contributed by atoms with Crippen molar-refractivity contribution in [2.75, 3.05) is 19.8 Å².